The molecule has 3 atom stereocenters. The summed E-state index contributed by atoms with van der Waals surface area (Å²) in [4.78, 5) is 62.9. The van der Waals surface area contributed by atoms with Crippen LogP contribution in [0.5, 0.6) is 0 Å². The Morgan fingerprint density at radius 3 is 2.42 bits per heavy atom. The lowest BCUT2D eigenvalue weighted by Gasteiger charge is -2.21. The summed E-state index contributed by atoms with van der Waals surface area (Å²) in [5.74, 6) is -3.89. The van der Waals surface area contributed by atoms with Crippen LogP contribution in [0.15, 0.2) is 30.5 Å². The lowest BCUT2D eigenvalue weighted by molar-refractivity contribution is -0.143. The third kappa shape index (κ3) is 8.89. The van der Waals surface area contributed by atoms with Crippen LogP contribution in [-0.4, -0.2) is 81.5 Å². The molecule has 2 aromatic rings. The lowest BCUT2D eigenvalue weighted by Crippen LogP contribution is -2.54. The van der Waals surface area contributed by atoms with Crippen molar-refractivity contribution in [2.75, 3.05) is 18.6 Å². The molecule has 3 amide bonds. The minimum atomic E-state index is -1.42. The number of carboxylic acids is 2. The Morgan fingerprint density at radius 2 is 1.75 bits per heavy atom. The third-order valence-corrected chi connectivity index (χ3v) is 6.05. The van der Waals surface area contributed by atoms with Gasteiger partial charge < -0.3 is 36.9 Å². The van der Waals surface area contributed by atoms with Crippen LogP contribution in [0.4, 0.5) is 0 Å². The minimum Gasteiger partial charge on any atom is -0.481 e. The average molecular weight is 522 g/mol. The number of aromatic amines is 1. The summed E-state index contributed by atoms with van der Waals surface area (Å²) in [5, 5.41) is 26.0. The Hall–Kier alpha value is -3.58. The fraction of sp³-hybridized carbons (Fsp3) is 0.435. The van der Waals surface area contributed by atoms with Crippen molar-refractivity contribution >= 4 is 52.3 Å². The number of fused-ring (bicyclic) bond motifs is 1. The summed E-state index contributed by atoms with van der Waals surface area (Å²) in [5.41, 5.74) is 7.57. The first-order valence-electron chi connectivity index (χ1n) is 11.2. The van der Waals surface area contributed by atoms with Gasteiger partial charge in [0.25, 0.3) is 0 Å². The zero-order valence-electron chi connectivity index (χ0n) is 19.8. The minimum absolute atomic E-state index is 0.120. The molecule has 0 aliphatic carbocycles. The summed E-state index contributed by atoms with van der Waals surface area (Å²) in [6.07, 6.45) is 3.41. The van der Waals surface area contributed by atoms with Crippen molar-refractivity contribution in [3.63, 3.8) is 0 Å². The highest BCUT2D eigenvalue weighted by Crippen LogP contribution is 2.19. The number of thioether (sulfide) groups is 1. The topological polar surface area (TPSA) is 204 Å². The van der Waals surface area contributed by atoms with Crippen molar-refractivity contribution in [1.82, 2.24) is 20.9 Å². The van der Waals surface area contributed by atoms with Crippen molar-refractivity contribution in [3.05, 3.63) is 36.0 Å². The zero-order chi connectivity index (χ0) is 26.7. The number of amides is 3. The normalized spacial score (nSPS) is 13.4. The van der Waals surface area contributed by atoms with E-state index in [1.165, 1.54) is 11.8 Å². The number of benzene rings is 1. The molecule has 0 fully saturated rings. The van der Waals surface area contributed by atoms with Crippen LogP contribution >= 0.6 is 11.8 Å². The van der Waals surface area contributed by atoms with E-state index in [0.717, 1.165) is 16.5 Å². The van der Waals surface area contributed by atoms with Crippen LogP contribution in [0.25, 0.3) is 10.9 Å². The molecule has 1 heterocycles. The summed E-state index contributed by atoms with van der Waals surface area (Å²) in [7, 11) is 0. The van der Waals surface area contributed by atoms with Gasteiger partial charge >= 0.3 is 11.9 Å². The molecule has 0 aliphatic heterocycles. The van der Waals surface area contributed by atoms with Gasteiger partial charge in [-0.15, -0.1) is 0 Å². The molecule has 2 rings (SSSR count). The van der Waals surface area contributed by atoms with Gasteiger partial charge in [0.2, 0.25) is 17.7 Å². The van der Waals surface area contributed by atoms with Crippen molar-refractivity contribution in [1.29, 1.82) is 0 Å². The molecule has 1 aromatic carbocycles. The van der Waals surface area contributed by atoms with Crippen LogP contribution in [0.3, 0.4) is 0 Å². The Kier molecular flexibility index (Phi) is 11.2. The van der Waals surface area contributed by atoms with Crippen LogP contribution in [0.2, 0.25) is 0 Å². The van der Waals surface area contributed by atoms with E-state index in [-0.39, 0.29) is 12.8 Å². The van der Waals surface area contributed by atoms with Crippen molar-refractivity contribution in [2.45, 2.75) is 43.8 Å². The smallest absolute Gasteiger partial charge is 0.326 e. The van der Waals surface area contributed by atoms with Crippen molar-refractivity contribution in [2.24, 2.45) is 5.73 Å². The largest absolute Gasteiger partial charge is 0.481 e. The van der Waals surface area contributed by atoms with E-state index in [9.17, 15) is 29.1 Å². The van der Waals surface area contributed by atoms with E-state index >= 15 is 0 Å². The Bertz CT molecular complexity index is 1090. The van der Waals surface area contributed by atoms with Crippen LogP contribution in [0, 0.1) is 0 Å². The number of H-pyrrole nitrogens is 1. The monoisotopic (exact) mass is 521 g/mol. The first-order chi connectivity index (χ1) is 17.1. The standard InChI is InChI=1S/C23H31N5O7S/c1-36-9-8-15(24)21(32)28-18(10-13-11-25-16-5-3-2-4-14(13)16)22(33)26-12-19(29)27-17(23(34)35)6-7-20(30)31/h2-5,11,15,17-18,25H,6-10,12,24H2,1H3,(H,26,33)(H,27,29)(H,28,32)(H,30,31)(H,34,35). The average Bonchev–Trinajstić information content (AvgIpc) is 3.25. The molecule has 0 bridgehead atoms. The fourth-order valence-corrected chi connectivity index (χ4v) is 3.94. The second-order valence-corrected chi connectivity index (χ2v) is 9.11. The molecular formula is C23H31N5O7S. The van der Waals surface area contributed by atoms with Crippen LogP contribution in [0.1, 0.15) is 24.8 Å². The molecule has 8 N–H and O–H groups in total. The number of aromatic nitrogens is 1. The number of aliphatic carboxylic acids is 2. The molecule has 0 saturated heterocycles. The van der Waals surface area contributed by atoms with Gasteiger partial charge in [0.15, 0.2) is 0 Å². The maximum absolute atomic E-state index is 13.0. The quantitative estimate of drug-likeness (QED) is 0.166. The van der Waals surface area contributed by atoms with Gasteiger partial charge in [0.1, 0.15) is 12.1 Å². The summed E-state index contributed by atoms with van der Waals surface area (Å²) >= 11 is 1.54. The number of rotatable bonds is 15. The highest BCUT2D eigenvalue weighted by atomic mass is 32.2. The molecule has 196 valence electrons. The molecular weight excluding hydrogens is 490 g/mol. The molecule has 3 unspecified atom stereocenters. The molecule has 0 spiro atoms. The van der Waals surface area contributed by atoms with E-state index in [4.69, 9.17) is 10.8 Å². The number of nitrogens with one attached hydrogen (secondary N) is 4. The molecule has 13 heteroatoms. The lowest BCUT2D eigenvalue weighted by atomic mass is 10.0. The first kappa shape index (κ1) is 28.7. The Morgan fingerprint density at radius 1 is 1.03 bits per heavy atom. The van der Waals surface area contributed by atoms with E-state index in [2.05, 4.69) is 20.9 Å². The molecule has 36 heavy (non-hydrogen) atoms. The Balaban J connectivity index is 2.08. The SMILES string of the molecule is CSCCC(N)C(=O)NC(Cc1c[nH]c2ccccc12)C(=O)NCC(=O)NC(CCC(=O)O)C(=O)O. The number of carboxylic acid groups (broad SMARTS) is 2. The molecule has 12 nitrogen and oxygen atoms in total. The number of carbonyl (C=O) groups is 5. The number of carbonyl (C=O) groups excluding carboxylic acids is 3. The van der Waals surface area contributed by atoms with Crippen molar-refractivity contribution in [3.8, 4) is 0 Å². The molecule has 0 aliphatic rings. The first-order valence-corrected chi connectivity index (χ1v) is 12.6. The van der Waals surface area contributed by atoms with E-state index < -0.39 is 60.8 Å². The van der Waals surface area contributed by atoms with Gasteiger partial charge in [-0.2, -0.15) is 11.8 Å². The van der Waals surface area contributed by atoms with E-state index in [1.807, 2.05) is 30.5 Å². The van der Waals surface area contributed by atoms with Crippen LogP contribution < -0.4 is 21.7 Å². The van der Waals surface area contributed by atoms with Crippen molar-refractivity contribution < 1.29 is 34.2 Å². The third-order valence-electron chi connectivity index (χ3n) is 5.41. The molecule has 0 saturated carbocycles. The summed E-state index contributed by atoms with van der Waals surface area (Å²) in [6, 6.07) is 4.17. The van der Waals surface area contributed by atoms with E-state index in [1.54, 1.807) is 6.20 Å². The highest BCUT2D eigenvalue weighted by Gasteiger charge is 2.26. The van der Waals surface area contributed by atoms with Gasteiger partial charge in [-0.25, -0.2) is 4.79 Å². The maximum atomic E-state index is 13.0. The van der Waals surface area contributed by atoms with E-state index in [0.29, 0.717) is 12.2 Å². The van der Waals surface area contributed by atoms with Gasteiger partial charge in [-0.3, -0.25) is 19.2 Å². The fourth-order valence-electron chi connectivity index (χ4n) is 3.45. The second kappa shape index (κ2) is 14.1. The van der Waals surface area contributed by atoms with Gasteiger partial charge in [-0.1, -0.05) is 18.2 Å². The number of nitrogens with two attached hydrogens (primary N) is 1. The zero-order valence-corrected chi connectivity index (χ0v) is 20.6. The highest BCUT2D eigenvalue weighted by molar-refractivity contribution is 7.98. The number of para-hydroxylation sites is 1. The molecule has 0 radical (unpaired) electrons. The second-order valence-electron chi connectivity index (χ2n) is 8.12. The Labute approximate surface area is 211 Å². The molecule has 1 aromatic heterocycles. The van der Waals surface area contributed by atoms with Gasteiger partial charge in [-0.05, 0) is 36.5 Å². The number of hydrogen-bond acceptors (Lipinski definition) is 7. The van der Waals surface area contributed by atoms with Gasteiger partial charge in [0.05, 0.1) is 12.6 Å². The summed E-state index contributed by atoms with van der Waals surface area (Å²) in [6.45, 7) is -0.561. The van der Waals surface area contributed by atoms with Crippen LogP contribution in [-0.2, 0) is 30.4 Å². The predicted molar refractivity (Wildman–Crippen MR) is 134 cm³/mol. The van der Waals surface area contributed by atoms with Gasteiger partial charge in [0, 0.05) is 29.9 Å². The summed E-state index contributed by atoms with van der Waals surface area (Å²) < 4.78 is 0. The maximum Gasteiger partial charge on any atom is 0.326 e. The predicted octanol–water partition coefficient (Wildman–Crippen LogP) is -0.174. The number of hydrogen-bond donors (Lipinski definition) is 7.